The number of allylic oxidation sites excluding steroid dienone is 1. The van der Waals surface area contributed by atoms with E-state index in [-0.39, 0.29) is 25.1 Å². The third-order valence-electron chi connectivity index (χ3n) is 13.9. The van der Waals surface area contributed by atoms with E-state index in [9.17, 15) is 20.4 Å². The van der Waals surface area contributed by atoms with Crippen molar-refractivity contribution in [2.45, 2.75) is 154 Å². The average Bonchev–Trinajstić information content (AvgIpc) is 4.01. The van der Waals surface area contributed by atoms with Gasteiger partial charge in [-0.1, -0.05) is 89.4 Å². The summed E-state index contributed by atoms with van der Waals surface area (Å²) >= 11 is 0. The summed E-state index contributed by atoms with van der Waals surface area (Å²) < 4.78 is 12.4. The first-order valence-corrected chi connectivity index (χ1v) is 22.4. The van der Waals surface area contributed by atoms with Crippen LogP contribution in [0.4, 0.5) is 0 Å². The Morgan fingerprint density at radius 1 is 1.07 bits per heavy atom. The predicted octanol–water partition coefficient (Wildman–Crippen LogP) is 7.90. The Balaban J connectivity index is 1.01. The highest BCUT2D eigenvalue weighted by molar-refractivity contribution is 6.04. The Kier molecular flexibility index (Phi) is 16.0. The minimum atomic E-state index is -0.927. The molecular weight excluding hydrogens is 703 g/mol. The molecule has 312 valence electrons. The zero-order valence-corrected chi connectivity index (χ0v) is 34.5. The number of aliphatic hydroxyl groups excluding tert-OH is 3. The van der Waals surface area contributed by atoms with Gasteiger partial charge in [-0.05, 0) is 99.3 Å². The number of hydrogen-bond donors (Lipinski definition) is 6. The smallest absolute Gasteiger partial charge is 0.190 e. The summed E-state index contributed by atoms with van der Waals surface area (Å²) in [5.74, 6) is 4.55. The maximum absolute atomic E-state index is 11.5. The van der Waals surface area contributed by atoms with Gasteiger partial charge in [0.15, 0.2) is 29.4 Å². The minimum absolute atomic E-state index is 0.00421. The molecule has 3 fully saturated rings. The summed E-state index contributed by atoms with van der Waals surface area (Å²) in [6.45, 7) is 6.21. The van der Waals surface area contributed by atoms with Crippen LogP contribution < -0.4 is 15.8 Å². The van der Waals surface area contributed by atoms with Crippen LogP contribution in [0, 0.1) is 41.0 Å². The number of aryl methyl sites for hydroxylation is 1. The Labute approximate surface area is 337 Å². The van der Waals surface area contributed by atoms with Gasteiger partial charge in [0.2, 0.25) is 0 Å². The highest BCUT2D eigenvalue weighted by Gasteiger charge is 2.57. The molecule has 0 saturated heterocycles. The Bertz CT molecular complexity index is 1470. The van der Waals surface area contributed by atoms with E-state index in [1.54, 1.807) is 6.07 Å². The lowest BCUT2D eigenvalue weighted by Crippen LogP contribution is -2.37. The zero-order chi connectivity index (χ0) is 39.5. The summed E-state index contributed by atoms with van der Waals surface area (Å²) in [5, 5.41) is 45.8. The van der Waals surface area contributed by atoms with Crippen molar-refractivity contribution >= 4 is 5.71 Å². The molecule has 1 unspecified atom stereocenters. The first-order chi connectivity index (χ1) is 27.2. The van der Waals surface area contributed by atoms with Crippen molar-refractivity contribution in [3.63, 3.8) is 0 Å². The van der Waals surface area contributed by atoms with E-state index in [2.05, 4.69) is 18.3 Å². The monoisotopic (exact) mass is 776 g/mol. The number of aliphatic hydroxyl groups is 3. The van der Waals surface area contributed by atoms with Crippen molar-refractivity contribution in [2.75, 3.05) is 32.8 Å². The van der Waals surface area contributed by atoms with Crippen molar-refractivity contribution in [3.8, 4) is 11.5 Å². The molecule has 1 aromatic carbocycles. The summed E-state index contributed by atoms with van der Waals surface area (Å²) in [6, 6.07) is 6.05. The largest absolute Gasteiger partial charge is 0.592 e. The van der Waals surface area contributed by atoms with E-state index in [4.69, 9.17) is 20.2 Å². The van der Waals surface area contributed by atoms with Crippen LogP contribution in [0.5, 0.6) is 11.5 Å². The molecule has 1 spiro atoms. The second-order valence-corrected chi connectivity index (χ2v) is 17.9. The topological polar surface area (TPSA) is 150 Å². The molecule has 0 bridgehead atoms. The van der Waals surface area contributed by atoms with E-state index in [1.165, 1.54) is 82.6 Å². The number of ether oxygens (including phenoxy) is 2. The van der Waals surface area contributed by atoms with Crippen molar-refractivity contribution in [3.05, 3.63) is 59.2 Å². The van der Waals surface area contributed by atoms with Crippen molar-refractivity contribution in [2.24, 2.45) is 39.8 Å². The van der Waals surface area contributed by atoms with E-state index in [0.717, 1.165) is 68.1 Å². The van der Waals surface area contributed by atoms with Gasteiger partial charge in [-0.25, -0.2) is 0 Å². The predicted molar refractivity (Wildman–Crippen MR) is 224 cm³/mol. The van der Waals surface area contributed by atoms with Crippen LogP contribution in [-0.2, 0) is 11.2 Å². The van der Waals surface area contributed by atoms with Crippen LogP contribution in [0.15, 0.2) is 46.7 Å². The second kappa shape index (κ2) is 20.8. The summed E-state index contributed by atoms with van der Waals surface area (Å²) in [5.41, 5.74) is 9.61. The van der Waals surface area contributed by atoms with Gasteiger partial charge in [0.1, 0.15) is 12.2 Å². The number of nitrogens with zero attached hydrogens (tertiary/aromatic N) is 1. The molecule has 0 aromatic heterocycles. The lowest BCUT2D eigenvalue weighted by atomic mass is 9.66. The highest BCUT2D eigenvalue weighted by Crippen LogP contribution is 2.60. The number of nitrogens with one attached hydrogen (secondary N) is 1. The van der Waals surface area contributed by atoms with Gasteiger partial charge in [0.05, 0.1) is 24.5 Å². The fraction of sp³-hybridized carbons (Fsp3) is 0.723. The number of rotatable bonds is 23. The number of unbranched alkanes of at least 4 members (excludes halogenated alkanes) is 3. The molecule has 5 aliphatic rings. The molecule has 1 aromatic rings. The summed E-state index contributed by atoms with van der Waals surface area (Å²) in [7, 11) is 0. The van der Waals surface area contributed by atoms with Gasteiger partial charge in [-0.2, -0.15) is 12.0 Å². The van der Waals surface area contributed by atoms with Gasteiger partial charge in [-0.3, -0.25) is 0 Å². The number of benzene rings is 1. The number of hydrogen-bond acceptors (Lipinski definition) is 9. The SMILES string of the molecule is CCCCC[C@H](CCN)CCCCC1OC(CCc2ccc(O)c(OC[C@H](O)[C+]3C=C4C(=N3)CC3(CCCC3)[C@H]3CCC[C@H]3[C@@H]4CNC[C@H](C)O)c2)=C[C-]1CO. The fourth-order valence-corrected chi connectivity index (χ4v) is 11.0. The molecule has 9 nitrogen and oxygen atoms in total. The molecule has 7 atom stereocenters. The lowest BCUT2D eigenvalue weighted by molar-refractivity contribution is 0.113. The van der Waals surface area contributed by atoms with Gasteiger partial charge < -0.3 is 41.0 Å². The molecule has 7 N–H and O–H groups in total. The van der Waals surface area contributed by atoms with E-state index in [1.807, 2.05) is 25.1 Å². The van der Waals surface area contributed by atoms with Gasteiger partial charge >= 0.3 is 0 Å². The third kappa shape index (κ3) is 10.9. The molecular formula is C47H73N3O6. The number of fused-ring (bicyclic) bond motifs is 3. The lowest BCUT2D eigenvalue weighted by Gasteiger charge is -2.37. The number of phenolic OH excluding ortho intramolecular Hbond substituents is 1. The average molecular weight is 776 g/mol. The number of aromatic hydroxyl groups is 1. The summed E-state index contributed by atoms with van der Waals surface area (Å²) in [4.78, 5) is 5.13. The van der Waals surface area contributed by atoms with Crippen molar-refractivity contribution < 1.29 is 29.9 Å². The minimum Gasteiger partial charge on any atom is -0.592 e. The maximum atomic E-state index is 11.5. The van der Waals surface area contributed by atoms with E-state index >= 15 is 0 Å². The standard InChI is InChI=1S/C47H73N3O6/c1-3-4-5-11-33(20-23-48)12-6-7-15-45-35(30-51)25-36(56-45)18-16-34-17-19-43(53)46(24-34)55-31-44(54)41-26-38-39(29-49-28-32(2)52)37-13-10-14-40(37)47(21-8-9-22-47)27-42(38)50-41/h17,19,24-26,32-33,37,39-40,44-45,49,51-54H,3-16,18,20-23,27-31,48H2,1-2H3/t32-,33-,37-,39-,40-,44-,45?/m0/s1. The normalized spacial score (nSPS) is 25.6. The molecule has 2 heterocycles. The first kappa shape index (κ1) is 42.9. The van der Waals surface area contributed by atoms with Gasteiger partial charge in [0.25, 0.3) is 0 Å². The zero-order valence-electron chi connectivity index (χ0n) is 34.5. The molecule has 56 heavy (non-hydrogen) atoms. The molecule has 2 aliphatic heterocycles. The number of aliphatic imine (C=N–C) groups is 1. The highest BCUT2D eigenvalue weighted by atomic mass is 16.5. The van der Waals surface area contributed by atoms with Crippen molar-refractivity contribution in [1.82, 2.24) is 5.32 Å². The van der Waals surface area contributed by atoms with Crippen molar-refractivity contribution in [1.29, 1.82) is 0 Å². The van der Waals surface area contributed by atoms with Gasteiger partial charge in [0, 0.05) is 25.8 Å². The maximum Gasteiger partial charge on any atom is 0.190 e. The molecule has 9 heteroatoms. The second-order valence-electron chi connectivity index (χ2n) is 17.9. The van der Waals surface area contributed by atoms with Crippen LogP contribution >= 0.6 is 0 Å². The first-order valence-electron chi connectivity index (χ1n) is 22.4. The number of nitrogens with two attached hydrogens (primary N) is 1. The van der Waals surface area contributed by atoms with Crippen LogP contribution in [0.1, 0.15) is 135 Å². The third-order valence-corrected chi connectivity index (χ3v) is 13.9. The van der Waals surface area contributed by atoms with Gasteiger partial charge in [-0.15, -0.1) is 4.99 Å². The molecule has 3 aliphatic carbocycles. The molecule has 0 radical (unpaired) electrons. The van der Waals surface area contributed by atoms with Crippen LogP contribution in [0.25, 0.3) is 0 Å². The number of phenols is 1. The van der Waals surface area contributed by atoms with E-state index < -0.39 is 12.2 Å². The van der Waals surface area contributed by atoms with Crippen LogP contribution in [0.2, 0.25) is 0 Å². The Morgan fingerprint density at radius 3 is 2.62 bits per heavy atom. The Morgan fingerprint density at radius 2 is 1.88 bits per heavy atom. The fourth-order valence-electron chi connectivity index (χ4n) is 11.0. The Hall–Kier alpha value is -2.69. The van der Waals surface area contributed by atoms with Crippen LogP contribution in [-0.4, -0.2) is 77.3 Å². The molecule has 3 saturated carbocycles. The summed E-state index contributed by atoms with van der Waals surface area (Å²) in [6.07, 6.45) is 24.6. The quantitative estimate of drug-likeness (QED) is 0.0486. The molecule has 0 amide bonds. The van der Waals surface area contributed by atoms with E-state index in [0.29, 0.717) is 60.3 Å². The molecule has 6 rings (SSSR count). The van der Waals surface area contributed by atoms with Crippen LogP contribution in [0.3, 0.4) is 0 Å².